The fourth-order valence-corrected chi connectivity index (χ4v) is 1.78. The average molecular weight is 250 g/mol. The molecule has 1 fully saturated rings. The smallest absolute Gasteiger partial charge is 0.254 e. The first-order valence-corrected chi connectivity index (χ1v) is 6.44. The molecule has 0 unspecified atom stereocenters. The molecule has 2 heterocycles. The minimum absolute atomic E-state index is 0.129. The van der Waals surface area contributed by atoms with E-state index in [0.717, 1.165) is 12.8 Å². The van der Waals surface area contributed by atoms with E-state index in [-0.39, 0.29) is 11.8 Å². The summed E-state index contributed by atoms with van der Waals surface area (Å²) in [6, 6.07) is 0. The second kappa shape index (κ2) is 3.99. The zero-order valence-corrected chi connectivity index (χ0v) is 9.94. The molecule has 0 spiro atoms. The van der Waals surface area contributed by atoms with Crippen molar-refractivity contribution in [2.75, 3.05) is 6.26 Å². The SMILES string of the molecule is CSc1ncc(-c2nnc(C3CC3)o2)c(O)n1. The molecule has 3 rings (SSSR count). The molecule has 7 heteroatoms. The molecule has 1 aliphatic carbocycles. The van der Waals surface area contributed by atoms with Gasteiger partial charge in [-0.15, -0.1) is 10.2 Å². The van der Waals surface area contributed by atoms with Crippen molar-refractivity contribution in [2.24, 2.45) is 0 Å². The number of thioether (sulfide) groups is 1. The van der Waals surface area contributed by atoms with E-state index in [1.54, 1.807) is 0 Å². The summed E-state index contributed by atoms with van der Waals surface area (Å²) in [6.07, 6.45) is 5.52. The van der Waals surface area contributed by atoms with Gasteiger partial charge in [0.25, 0.3) is 5.89 Å². The molecule has 0 saturated heterocycles. The molecule has 1 saturated carbocycles. The molecule has 1 aliphatic rings. The van der Waals surface area contributed by atoms with E-state index in [0.29, 0.717) is 22.5 Å². The van der Waals surface area contributed by atoms with E-state index >= 15 is 0 Å². The highest BCUT2D eigenvalue weighted by molar-refractivity contribution is 7.98. The predicted octanol–water partition coefficient (Wildman–Crippen LogP) is 1.83. The van der Waals surface area contributed by atoms with Gasteiger partial charge in [-0.1, -0.05) is 11.8 Å². The second-order valence-corrected chi connectivity index (χ2v) is 4.59. The Morgan fingerprint density at radius 3 is 2.88 bits per heavy atom. The lowest BCUT2D eigenvalue weighted by Crippen LogP contribution is -1.89. The quantitative estimate of drug-likeness (QED) is 0.657. The van der Waals surface area contributed by atoms with Crippen LogP contribution in [-0.2, 0) is 0 Å². The van der Waals surface area contributed by atoms with Gasteiger partial charge in [-0.3, -0.25) is 0 Å². The number of nitrogens with zero attached hydrogens (tertiary/aromatic N) is 4. The summed E-state index contributed by atoms with van der Waals surface area (Å²) in [6.45, 7) is 0. The monoisotopic (exact) mass is 250 g/mol. The third kappa shape index (κ3) is 1.97. The molecule has 0 atom stereocenters. The largest absolute Gasteiger partial charge is 0.493 e. The van der Waals surface area contributed by atoms with Crippen molar-refractivity contribution < 1.29 is 9.52 Å². The molecule has 6 nitrogen and oxygen atoms in total. The number of aromatic nitrogens is 4. The maximum Gasteiger partial charge on any atom is 0.254 e. The van der Waals surface area contributed by atoms with Crippen molar-refractivity contribution in [1.29, 1.82) is 0 Å². The highest BCUT2D eigenvalue weighted by Gasteiger charge is 2.30. The third-order valence-electron chi connectivity index (χ3n) is 2.53. The van der Waals surface area contributed by atoms with E-state index in [1.807, 2.05) is 6.26 Å². The lowest BCUT2D eigenvalue weighted by molar-refractivity contribution is 0.441. The van der Waals surface area contributed by atoms with Crippen molar-refractivity contribution >= 4 is 11.8 Å². The van der Waals surface area contributed by atoms with Gasteiger partial charge in [-0.25, -0.2) is 4.98 Å². The minimum Gasteiger partial charge on any atom is -0.493 e. The molecule has 0 radical (unpaired) electrons. The van der Waals surface area contributed by atoms with Crippen LogP contribution >= 0.6 is 11.8 Å². The molecule has 88 valence electrons. The van der Waals surface area contributed by atoms with E-state index in [2.05, 4.69) is 20.2 Å². The van der Waals surface area contributed by atoms with Gasteiger partial charge in [-0.2, -0.15) is 4.98 Å². The first kappa shape index (κ1) is 10.5. The number of aromatic hydroxyl groups is 1. The fraction of sp³-hybridized carbons (Fsp3) is 0.400. The van der Waals surface area contributed by atoms with Crippen LogP contribution in [0.15, 0.2) is 15.8 Å². The maximum atomic E-state index is 9.75. The summed E-state index contributed by atoms with van der Waals surface area (Å²) in [7, 11) is 0. The van der Waals surface area contributed by atoms with E-state index in [9.17, 15) is 5.11 Å². The number of hydrogen-bond donors (Lipinski definition) is 1. The summed E-state index contributed by atoms with van der Waals surface area (Å²) < 4.78 is 5.48. The molecule has 0 amide bonds. The molecule has 0 bridgehead atoms. The molecular formula is C10H10N4O2S. The Kier molecular flexibility index (Phi) is 2.47. The Bertz CT molecular complexity index is 553. The summed E-state index contributed by atoms with van der Waals surface area (Å²) in [5, 5.41) is 18.1. The lowest BCUT2D eigenvalue weighted by Gasteiger charge is -1.99. The molecule has 2 aromatic heterocycles. The molecule has 1 N–H and O–H groups in total. The fourth-order valence-electron chi connectivity index (χ4n) is 1.45. The van der Waals surface area contributed by atoms with Gasteiger partial charge in [0.2, 0.25) is 11.8 Å². The first-order chi connectivity index (χ1) is 8.28. The van der Waals surface area contributed by atoms with Gasteiger partial charge in [0, 0.05) is 12.1 Å². The Morgan fingerprint density at radius 1 is 1.41 bits per heavy atom. The van der Waals surface area contributed by atoms with Crippen LogP contribution in [0.2, 0.25) is 0 Å². The highest BCUT2D eigenvalue weighted by atomic mass is 32.2. The highest BCUT2D eigenvalue weighted by Crippen LogP contribution is 2.40. The second-order valence-electron chi connectivity index (χ2n) is 3.81. The molecule has 17 heavy (non-hydrogen) atoms. The minimum atomic E-state index is -0.129. The van der Waals surface area contributed by atoms with Crippen molar-refractivity contribution in [1.82, 2.24) is 20.2 Å². The number of hydrogen-bond acceptors (Lipinski definition) is 7. The maximum absolute atomic E-state index is 9.75. The van der Waals surface area contributed by atoms with Crippen molar-refractivity contribution in [3.63, 3.8) is 0 Å². The van der Waals surface area contributed by atoms with Crippen LogP contribution < -0.4 is 0 Å². The van der Waals surface area contributed by atoms with Crippen LogP contribution in [0.5, 0.6) is 5.88 Å². The van der Waals surface area contributed by atoms with Gasteiger partial charge in [0.1, 0.15) is 5.56 Å². The zero-order valence-electron chi connectivity index (χ0n) is 9.12. The lowest BCUT2D eigenvalue weighted by atomic mass is 10.3. The van der Waals surface area contributed by atoms with E-state index < -0.39 is 0 Å². The van der Waals surface area contributed by atoms with Gasteiger partial charge < -0.3 is 9.52 Å². The third-order valence-corrected chi connectivity index (χ3v) is 3.09. The van der Waals surface area contributed by atoms with Gasteiger partial charge in [-0.05, 0) is 19.1 Å². The summed E-state index contributed by atoms with van der Waals surface area (Å²) in [5.74, 6) is 1.17. The normalized spacial score (nSPS) is 15.1. The van der Waals surface area contributed by atoms with Crippen LogP contribution in [0.25, 0.3) is 11.5 Å². The summed E-state index contributed by atoms with van der Waals surface area (Å²) >= 11 is 1.36. The average Bonchev–Trinajstić information content (AvgIpc) is 3.08. The zero-order chi connectivity index (χ0) is 11.8. The van der Waals surface area contributed by atoms with Gasteiger partial charge in [0.05, 0.1) is 0 Å². The topological polar surface area (TPSA) is 84.9 Å². The van der Waals surface area contributed by atoms with Crippen LogP contribution in [0, 0.1) is 0 Å². The van der Waals surface area contributed by atoms with Crippen molar-refractivity contribution in [3.8, 4) is 17.3 Å². The van der Waals surface area contributed by atoms with Crippen LogP contribution in [0.3, 0.4) is 0 Å². The van der Waals surface area contributed by atoms with Gasteiger partial charge >= 0.3 is 0 Å². The Balaban J connectivity index is 1.96. The van der Waals surface area contributed by atoms with Crippen LogP contribution in [0.1, 0.15) is 24.7 Å². The standard InChI is InChI=1S/C10H10N4O2S/c1-17-10-11-4-6(7(15)12-10)9-14-13-8(16-9)5-2-3-5/h4-5H,2-3H2,1H3,(H,11,12,15). The Hall–Kier alpha value is -1.63. The van der Waals surface area contributed by atoms with Crippen LogP contribution in [0.4, 0.5) is 0 Å². The summed E-state index contributed by atoms with van der Waals surface area (Å²) in [5.41, 5.74) is 0.377. The molecular weight excluding hydrogens is 240 g/mol. The summed E-state index contributed by atoms with van der Waals surface area (Å²) in [4.78, 5) is 7.99. The Morgan fingerprint density at radius 2 is 2.24 bits per heavy atom. The van der Waals surface area contributed by atoms with Gasteiger partial charge in [0.15, 0.2) is 5.16 Å². The Labute approximate surface area is 102 Å². The molecule has 0 aliphatic heterocycles. The van der Waals surface area contributed by atoms with E-state index in [4.69, 9.17) is 4.42 Å². The van der Waals surface area contributed by atoms with Crippen molar-refractivity contribution in [2.45, 2.75) is 23.9 Å². The first-order valence-electron chi connectivity index (χ1n) is 5.21. The van der Waals surface area contributed by atoms with Crippen molar-refractivity contribution in [3.05, 3.63) is 12.1 Å². The molecule has 2 aromatic rings. The van der Waals surface area contributed by atoms with E-state index in [1.165, 1.54) is 18.0 Å². The molecule has 0 aromatic carbocycles. The number of rotatable bonds is 3. The predicted molar refractivity (Wildman–Crippen MR) is 60.7 cm³/mol. The van der Waals surface area contributed by atoms with Crippen LogP contribution in [-0.4, -0.2) is 31.5 Å².